The van der Waals surface area contributed by atoms with Crippen LogP contribution in [-0.2, 0) is 10.2 Å². The Labute approximate surface area is 123 Å². The molecule has 0 amide bonds. The number of hydrogen-bond acceptors (Lipinski definition) is 4. The molecule has 2 aliphatic rings. The van der Waals surface area contributed by atoms with E-state index in [1.54, 1.807) is 4.31 Å². The number of nitrogens with one attached hydrogen (secondary N) is 2. The van der Waals surface area contributed by atoms with E-state index in [0.717, 1.165) is 58.4 Å². The van der Waals surface area contributed by atoms with Crippen LogP contribution in [-0.4, -0.2) is 69.5 Å². The van der Waals surface area contributed by atoms with Gasteiger partial charge in [0.2, 0.25) is 0 Å². The van der Waals surface area contributed by atoms with Crippen molar-refractivity contribution in [3.63, 3.8) is 0 Å². The third kappa shape index (κ3) is 4.66. The molecule has 118 valence electrons. The number of rotatable bonds is 6. The van der Waals surface area contributed by atoms with E-state index in [0.29, 0.717) is 13.1 Å². The summed E-state index contributed by atoms with van der Waals surface area (Å²) >= 11 is 0. The summed E-state index contributed by atoms with van der Waals surface area (Å²) in [5.41, 5.74) is 0. The fraction of sp³-hybridized carbons (Fsp3) is 1.00. The van der Waals surface area contributed by atoms with Crippen molar-refractivity contribution in [3.8, 4) is 0 Å². The van der Waals surface area contributed by atoms with Gasteiger partial charge in [-0.25, -0.2) is 4.72 Å². The zero-order chi connectivity index (χ0) is 14.4. The van der Waals surface area contributed by atoms with E-state index >= 15 is 0 Å². The minimum Gasteiger partial charge on any atom is -0.314 e. The third-order valence-corrected chi connectivity index (χ3v) is 5.92. The van der Waals surface area contributed by atoms with E-state index in [1.807, 2.05) is 6.92 Å². The Morgan fingerprint density at radius 2 is 1.95 bits per heavy atom. The summed E-state index contributed by atoms with van der Waals surface area (Å²) in [6, 6.07) is 0.134. The Morgan fingerprint density at radius 3 is 2.65 bits per heavy atom. The van der Waals surface area contributed by atoms with E-state index in [2.05, 4.69) is 14.9 Å². The van der Waals surface area contributed by atoms with Crippen LogP contribution >= 0.6 is 0 Å². The molecule has 2 saturated heterocycles. The molecule has 1 unspecified atom stereocenters. The molecule has 0 aromatic carbocycles. The van der Waals surface area contributed by atoms with Crippen molar-refractivity contribution in [2.75, 3.05) is 45.8 Å². The number of piperazine rings is 1. The van der Waals surface area contributed by atoms with Gasteiger partial charge < -0.3 is 10.2 Å². The minimum atomic E-state index is -3.28. The van der Waals surface area contributed by atoms with E-state index in [4.69, 9.17) is 0 Å². The first kappa shape index (κ1) is 16.2. The molecule has 20 heavy (non-hydrogen) atoms. The second-order valence-electron chi connectivity index (χ2n) is 5.80. The van der Waals surface area contributed by atoms with Crippen LogP contribution in [0.4, 0.5) is 0 Å². The van der Waals surface area contributed by atoms with Gasteiger partial charge >= 0.3 is 0 Å². The highest BCUT2D eigenvalue weighted by molar-refractivity contribution is 7.87. The first-order chi connectivity index (χ1) is 9.59. The first-order valence-electron chi connectivity index (χ1n) is 7.79. The summed E-state index contributed by atoms with van der Waals surface area (Å²) < 4.78 is 28.9. The topological polar surface area (TPSA) is 64.7 Å². The summed E-state index contributed by atoms with van der Waals surface area (Å²) in [6.07, 6.45) is 3.96. The van der Waals surface area contributed by atoms with Gasteiger partial charge in [-0.2, -0.15) is 12.7 Å². The summed E-state index contributed by atoms with van der Waals surface area (Å²) in [6.45, 7) is 8.38. The molecule has 2 aliphatic heterocycles. The van der Waals surface area contributed by atoms with Crippen LogP contribution in [0.3, 0.4) is 0 Å². The maximum Gasteiger partial charge on any atom is 0.279 e. The maximum atomic E-state index is 12.2. The molecule has 0 aliphatic carbocycles. The average molecular weight is 304 g/mol. The molecule has 2 fully saturated rings. The highest BCUT2D eigenvalue weighted by Gasteiger charge is 2.28. The van der Waals surface area contributed by atoms with Gasteiger partial charge in [0.1, 0.15) is 0 Å². The average Bonchev–Trinajstić information content (AvgIpc) is 2.45. The Hall–Kier alpha value is -0.210. The van der Waals surface area contributed by atoms with E-state index in [9.17, 15) is 8.42 Å². The largest absolute Gasteiger partial charge is 0.314 e. The van der Waals surface area contributed by atoms with Gasteiger partial charge in [-0.3, -0.25) is 0 Å². The third-order valence-electron chi connectivity index (χ3n) is 4.20. The van der Waals surface area contributed by atoms with Crippen molar-refractivity contribution in [3.05, 3.63) is 0 Å². The van der Waals surface area contributed by atoms with Crippen molar-refractivity contribution in [1.29, 1.82) is 0 Å². The van der Waals surface area contributed by atoms with E-state index in [1.165, 1.54) is 0 Å². The maximum absolute atomic E-state index is 12.2. The molecule has 2 N–H and O–H groups in total. The lowest BCUT2D eigenvalue weighted by molar-refractivity contribution is 0.238. The zero-order valence-corrected chi connectivity index (χ0v) is 13.3. The van der Waals surface area contributed by atoms with E-state index in [-0.39, 0.29) is 6.04 Å². The second kappa shape index (κ2) is 7.70. The fourth-order valence-corrected chi connectivity index (χ4v) is 4.47. The fourth-order valence-electron chi connectivity index (χ4n) is 2.95. The van der Waals surface area contributed by atoms with Gasteiger partial charge in [0.25, 0.3) is 10.2 Å². The molecule has 1 atom stereocenters. The van der Waals surface area contributed by atoms with Gasteiger partial charge in [0.15, 0.2) is 0 Å². The van der Waals surface area contributed by atoms with Crippen LogP contribution in [0.1, 0.15) is 32.6 Å². The van der Waals surface area contributed by atoms with Crippen molar-refractivity contribution in [2.24, 2.45) is 0 Å². The molecule has 0 radical (unpaired) electrons. The molecule has 2 heterocycles. The Morgan fingerprint density at radius 1 is 1.20 bits per heavy atom. The molecular weight excluding hydrogens is 276 g/mol. The lowest BCUT2D eigenvalue weighted by Crippen LogP contribution is -2.48. The quantitative estimate of drug-likeness (QED) is 0.678. The van der Waals surface area contributed by atoms with Crippen LogP contribution in [0.25, 0.3) is 0 Å². The second-order valence-corrected chi connectivity index (χ2v) is 7.51. The SMILES string of the molecule is CC1CCCCN1S(=O)(=O)NCCCN1CCNCC1. The van der Waals surface area contributed by atoms with Crippen molar-refractivity contribution >= 4 is 10.2 Å². The molecular formula is C13H28N4O2S. The molecule has 2 rings (SSSR count). The van der Waals surface area contributed by atoms with Crippen LogP contribution < -0.4 is 10.0 Å². The van der Waals surface area contributed by atoms with Gasteiger partial charge in [-0.05, 0) is 32.7 Å². The van der Waals surface area contributed by atoms with Gasteiger partial charge in [-0.15, -0.1) is 0 Å². The lowest BCUT2D eigenvalue weighted by Gasteiger charge is -2.32. The smallest absolute Gasteiger partial charge is 0.279 e. The van der Waals surface area contributed by atoms with Gasteiger partial charge in [-0.1, -0.05) is 6.42 Å². The summed E-state index contributed by atoms with van der Waals surface area (Å²) in [4.78, 5) is 2.38. The monoisotopic (exact) mass is 304 g/mol. The molecule has 6 nitrogen and oxygen atoms in total. The minimum absolute atomic E-state index is 0.134. The zero-order valence-electron chi connectivity index (χ0n) is 12.5. The molecule has 0 aromatic rings. The standard InChI is InChI=1S/C13H28N4O2S/c1-13-5-2-3-10-17(13)20(18,19)15-6-4-9-16-11-7-14-8-12-16/h13-15H,2-12H2,1H3. The molecule has 0 aromatic heterocycles. The van der Waals surface area contributed by atoms with Crippen molar-refractivity contribution in [2.45, 2.75) is 38.6 Å². The highest BCUT2D eigenvalue weighted by Crippen LogP contribution is 2.18. The van der Waals surface area contributed by atoms with Crippen LogP contribution in [0.2, 0.25) is 0 Å². The Kier molecular flexibility index (Phi) is 6.22. The highest BCUT2D eigenvalue weighted by atomic mass is 32.2. The Balaban J connectivity index is 1.69. The van der Waals surface area contributed by atoms with Crippen LogP contribution in [0.15, 0.2) is 0 Å². The van der Waals surface area contributed by atoms with Gasteiger partial charge in [0, 0.05) is 45.3 Å². The summed E-state index contributed by atoms with van der Waals surface area (Å²) in [7, 11) is -3.28. The lowest BCUT2D eigenvalue weighted by atomic mass is 10.1. The predicted octanol–water partition coefficient (Wildman–Crippen LogP) is -0.00950. The number of nitrogens with zero attached hydrogens (tertiary/aromatic N) is 2. The van der Waals surface area contributed by atoms with Crippen LogP contribution in [0.5, 0.6) is 0 Å². The molecule has 0 saturated carbocycles. The number of hydrogen-bond donors (Lipinski definition) is 2. The Bertz CT molecular complexity index is 382. The summed E-state index contributed by atoms with van der Waals surface area (Å²) in [5, 5.41) is 3.32. The van der Waals surface area contributed by atoms with Crippen molar-refractivity contribution in [1.82, 2.24) is 19.2 Å². The molecule has 0 spiro atoms. The predicted molar refractivity (Wildman–Crippen MR) is 80.9 cm³/mol. The first-order valence-corrected chi connectivity index (χ1v) is 9.23. The van der Waals surface area contributed by atoms with Gasteiger partial charge in [0.05, 0.1) is 0 Å². The molecule has 7 heteroatoms. The van der Waals surface area contributed by atoms with E-state index < -0.39 is 10.2 Å². The number of piperidine rings is 1. The molecule has 0 bridgehead atoms. The summed E-state index contributed by atoms with van der Waals surface area (Å²) in [5.74, 6) is 0. The van der Waals surface area contributed by atoms with Crippen LogP contribution in [0, 0.1) is 0 Å². The van der Waals surface area contributed by atoms with Crippen molar-refractivity contribution < 1.29 is 8.42 Å². The normalized spacial score (nSPS) is 26.8.